The number of anilines is 1. The quantitative estimate of drug-likeness (QED) is 0.793. The van der Waals surface area contributed by atoms with Crippen LogP contribution in [0.3, 0.4) is 0 Å². The van der Waals surface area contributed by atoms with Crippen LogP contribution in [0.2, 0.25) is 5.02 Å². The standard InChI is InChI=1S/C15H17ClN4OS2/c16-12-5-3-4-11(8-12)9-17-13(21)10-22-15-19-18-14(23-15)20-6-1-2-7-20/h3-5,8H,1-2,6-7,9-10H2,(H,17,21). The third-order valence-electron chi connectivity index (χ3n) is 3.48. The van der Waals surface area contributed by atoms with Crippen molar-refractivity contribution in [2.24, 2.45) is 0 Å². The Morgan fingerprint density at radius 3 is 2.96 bits per heavy atom. The molecule has 0 bridgehead atoms. The number of rotatable bonds is 6. The lowest BCUT2D eigenvalue weighted by molar-refractivity contribution is -0.118. The predicted molar refractivity (Wildman–Crippen MR) is 95.4 cm³/mol. The Balaban J connectivity index is 1.43. The van der Waals surface area contributed by atoms with Crippen LogP contribution < -0.4 is 10.2 Å². The monoisotopic (exact) mass is 368 g/mol. The van der Waals surface area contributed by atoms with Crippen molar-refractivity contribution in [1.29, 1.82) is 0 Å². The molecule has 2 aromatic rings. The van der Waals surface area contributed by atoms with Crippen molar-refractivity contribution in [3.05, 3.63) is 34.9 Å². The molecule has 1 aliphatic rings. The summed E-state index contributed by atoms with van der Waals surface area (Å²) in [5.41, 5.74) is 0.989. The van der Waals surface area contributed by atoms with E-state index in [9.17, 15) is 4.79 Å². The summed E-state index contributed by atoms with van der Waals surface area (Å²) in [6.45, 7) is 2.59. The number of nitrogens with zero attached hydrogens (tertiary/aromatic N) is 3. The van der Waals surface area contributed by atoms with Crippen LogP contribution in [0.25, 0.3) is 0 Å². The average Bonchev–Trinajstić information content (AvgIpc) is 3.22. The van der Waals surface area contributed by atoms with Gasteiger partial charge in [0.05, 0.1) is 5.75 Å². The number of thioether (sulfide) groups is 1. The van der Waals surface area contributed by atoms with E-state index in [-0.39, 0.29) is 5.91 Å². The van der Waals surface area contributed by atoms with E-state index in [1.54, 1.807) is 11.3 Å². The molecule has 2 heterocycles. The minimum atomic E-state index is -0.0205. The molecule has 1 aromatic heterocycles. The van der Waals surface area contributed by atoms with Crippen LogP contribution in [0, 0.1) is 0 Å². The Morgan fingerprint density at radius 2 is 2.17 bits per heavy atom. The lowest BCUT2D eigenvalue weighted by Crippen LogP contribution is -2.24. The average molecular weight is 369 g/mol. The maximum Gasteiger partial charge on any atom is 0.230 e. The molecule has 23 heavy (non-hydrogen) atoms. The van der Waals surface area contributed by atoms with Crippen LogP contribution in [-0.2, 0) is 11.3 Å². The van der Waals surface area contributed by atoms with Gasteiger partial charge in [0, 0.05) is 24.7 Å². The molecule has 1 aromatic carbocycles. The highest BCUT2D eigenvalue weighted by molar-refractivity contribution is 8.01. The first-order valence-electron chi connectivity index (χ1n) is 7.43. The van der Waals surface area contributed by atoms with Crippen LogP contribution in [0.1, 0.15) is 18.4 Å². The normalized spacial score (nSPS) is 14.2. The molecule has 122 valence electrons. The fourth-order valence-corrected chi connectivity index (χ4v) is 4.26. The van der Waals surface area contributed by atoms with E-state index in [0.29, 0.717) is 17.3 Å². The van der Waals surface area contributed by atoms with Crippen molar-refractivity contribution in [2.45, 2.75) is 23.7 Å². The number of hydrogen-bond donors (Lipinski definition) is 1. The molecule has 1 fully saturated rings. The fourth-order valence-electron chi connectivity index (χ4n) is 2.32. The van der Waals surface area contributed by atoms with Gasteiger partial charge in [-0.15, -0.1) is 10.2 Å². The number of nitrogens with one attached hydrogen (secondary N) is 1. The second-order valence-corrected chi connectivity index (χ2v) is 7.85. The fraction of sp³-hybridized carbons (Fsp3) is 0.400. The minimum Gasteiger partial charge on any atom is -0.351 e. The molecule has 8 heteroatoms. The zero-order valence-electron chi connectivity index (χ0n) is 12.5. The molecule has 0 saturated carbocycles. The zero-order chi connectivity index (χ0) is 16.1. The highest BCUT2D eigenvalue weighted by Gasteiger charge is 2.17. The highest BCUT2D eigenvalue weighted by Crippen LogP contribution is 2.29. The topological polar surface area (TPSA) is 58.1 Å². The first-order valence-corrected chi connectivity index (χ1v) is 9.61. The van der Waals surface area contributed by atoms with E-state index in [1.807, 2.05) is 24.3 Å². The van der Waals surface area contributed by atoms with E-state index >= 15 is 0 Å². The maximum atomic E-state index is 11.9. The molecule has 0 spiro atoms. The molecule has 1 aliphatic heterocycles. The molecule has 1 saturated heterocycles. The number of amides is 1. The van der Waals surface area contributed by atoms with Crippen molar-refractivity contribution in [2.75, 3.05) is 23.7 Å². The van der Waals surface area contributed by atoms with Gasteiger partial charge in [-0.2, -0.15) is 0 Å². The zero-order valence-corrected chi connectivity index (χ0v) is 14.9. The summed E-state index contributed by atoms with van der Waals surface area (Å²) in [6.07, 6.45) is 2.43. The molecular formula is C15H17ClN4OS2. The summed E-state index contributed by atoms with van der Waals surface area (Å²) >= 11 is 8.91. The molecule has 0 atom stereocenters. The molecular weight excluding hydrogens is 352 g/mol. The molecule has 1 N–H and O–H groups in total. The SMILES string of the molecule is O=C(CSc1nnc(N2CCCC2)s1)NCc1cccc(Cl)c1. The van der Waals surface area contributed by atoms with Crippen LogP contribution in [0.4, 0.5) is 5.13 Å². The van der Waals surface area contributed by atoms with Gasteiger partial charge in [0.25, 0.3) is 0 Å². The molecule has 5 nitrogen and oxygen atoms in total. The van der Waals surface area contributed by atoms with E-state index in [2.05, 4.69) is 20.4 Å². The van der Waals surface area contributed by atoms with E-state index < -0.39 is 0 Å². The smallest absolute Gasteiger partial charge is 0.230 e. The Labute approximate surface area is 148 Å². The van der Waals surface area contributed by atoms with E-state index in [1.165, 1.54) is 24.6 Å². The van der Waals surface area contributed by atoms with Gasteiger partial charge in [-0.1, -0.05) is 46.8 Å². The van der Waals surface area contributed by atoms with Crippen molar-refractivity contribution in [3.63, 3.8) is 0 Å². The van der Waals surface area contributed by atoms with Crippen molar-refractivity contribution < 1.29 is 4.79 Å². The summed E-state index contributed by atoms with van der Waals surface area (Å²) in [6, 6.07) is 7.48. The predicted octanol–water partition coefficient (Wildman–Crippen LogP) is 3.20. The number of halogens is 1. The van der Waals surface area contributed by atoms with Gasteiger partial charge in [-0.3, -0.25) is 4.79 Å². The summed E-state index contributed by atoms with van der Waals surface area (Å²) in [4.78, 5) is 14.2. The lowest BCUT2D eigenvalue weighted by Gasteiger charge is -2.10. The molecule has 1 amide bonds. The number of carbonyl (C=O) groups is 1. The third kappa shape index (κ3) is 4.83. The first kappa shape index (κ1) is 16.5. The summed E-state index contributed by atoms with van der Waals surface area (Å²) in [5, 5.41) is 12.9. The molecule has 0 radical (unpaired) electrons. The van der Waals surface area contributed by atoms with Gasteiger partial charge in [-0.05, 0) is 30.5 Å². The van der Waals surface area contributed by atoms with Crippen molar-refractivity contribution in [1.82, 2.24) is 15.5 Å². The largest absolute Gasteiger partial charge is 0.351 e. The van der Waals surface area contributed by atoms with E-state index in [4.69, 9.17) is 11.6 Å². The summed E-state index contributed by atoms with van der Waals surface area (Å²) in [5.74, 6) is 0.322. The Morgan fingerprint density at radius 1 is 1.35 bits per heavy atom. The van der Waals surface area contributed by atoms with Gasteiger partial charge in [0.2, 0.25) is 11.0 Å². The van der Waals surface area contributed by atoms with Crippen LogP contribution >= 0.6 is 34.7 Å². The van der Waals surface area contributed by atoms with Crippen LogP contribution in [0.5, 0.6) is 0 Å². The van der Waals surface area contributed by atoms with Gasteiger partial charge < -0.3 is 10.2 Å². The maximum absolute atomic E-state index is 11.9. The van der Waals surface area contributed by atoms with Gasteiger partial charge >= 0.3 is 0 Å². The second kappa shape index (κ2) is 7.99. The van der Waals surface area contributed by atoms with E-state index in [0.717, 1.165) is 28.1 Å². The molecule has 0 aliphatic carbocycles. The third-order valence-corrected chi connectivity index (χ3v) is 5.83. The van der Waals surface area contributed by atoms with Gasteiger partial charge in [0.1, 0.15) is 0 Å². The molecule has 0 unspecified atom stereocenters. The Kier molecular flexibility index (Phi) is 5.75. The van der Waals surface area contributed by atoms with Gasteiger partial charge in [0.15, 0.2) is 4.34 Å². The number of benzene rings is 1. The second-order valence-electron chi connectivity index (χ2n) is 5.24. The Bertz CT molecular complexity index is 673. The Hall–Kier alpha value is -1.31. The van der Waals surface area contributed by atoms with Crippen LogP contribution in [-0.4, -0.2) is 34.9 Å². The minimum absolute atomic E-state index is 0.0205. The first-order chi connectivity index (χ1) is 11.2. The van der Waals surface area contributed by atoms with Crippen LogP contribution in [0.15, 0.2) is 28.6 Å². The lowest BCUT2D eigenvalue weighted by atomic mass is 10.2. The van der Waals surface area contributed by atoms with Gasteiger partial charge in [-0.25, -0.2) is 0 Å². The number of carbonyl (C=O) groups excluding carboxylic acids is 1. The number of hydrogen-bond acceptors (Lipinski definition) is 6. The van der Waals surface area contributed by atoms with Crippen molar-refractivity contribution >= 4 is 45.7 Å². The number of aromatic nitrogens is 2. The summed E-state index contributed by atoms with van der Waals surface area (Å²) < 4.78 is 0.838. The van der Waals surface area contributed by atoms with Crippen molar-refractivity contribution in [3.8, 4) is 0 Å². The molecule has 3 rings (SSSR count). The highest BCUT2D eigenvalue weighted by atomic mass is 35.5. The summed E-state index contributed by atoms with van der Waals surface area (Å²) in [7, 11) is 0.